The molecule has 1 heterocycles. The molecule has 1 atom stereocenters. The summed E-state index contributed by atoms with van der Waals surface area (Å²) in [7, 11) is 0. The van der Waals surface area contributed by atoms with Crippen molar-refractivity contribution in [2.24, 2.45) is 11.7 Å². The van der Waals surface area contributed by atoms with Crippen molar-refractivity contribution >= 4 is 0 Å². The van der Waals surface area contributed by atoms with Crippen molar-refractivity contribution in [3.05, 3.63) is 47.5 Å². The summed E-state index contributed by atoms with van der Waals surface area (Å²) in [5, 5.41) is 4.28. The van der Waals surface area contributed by atoms with Gasteiger partial charge in [0, 0.05) is 19.0 Å². The minimum atomic E-state index is -0.0315. The molecule has 0 aliphatic heterocycles. The molecule has 4 nitrogen and oxygen atoms in total. The van der Waals surface area contributed by atoms with Gasteiger partial charge in [-0.2, -0.15) is 5.10 Å². The SMILES string of the molecule is CCc1ccc(C(N)Cc2ncnn2CC(C)C)cc1. The van der Waals surface area contributed by atoms with Crippen molar-refractivity contribution < 1.29 is 0 Å². The Morgan fingerprint density at radius 3 is 2.50 bits per heavy atom. The predicted molar refractivity (Wildman–Crippen MR) is 81.3 cm³/mol. The monoisotopic (exact) mass is 272 g/mol. The van der Waals surface area contributed by atoms with E-state index in [-0.39, 0.29) is 6.04 Å². The molecule has 20 heavy (non-hydrogen) atoms. The van der Waals surface area contributed by atoms with Crippen LogP contribution in [0, 0.1) is 5.92 Å². The van der Waals surface area contributed by atoms with Gasteiger partial charge in [-0.25, -0.2) is 9.67 Å². The fourth-order valence-corrected chi connectivity index (χ4v) is 2.26. The summed E-state index contributed by atoms with van der Waals surface area (Å²) in [5.41, 5.74) is 8.79. The standard InChI is InChI=1S/C16H24N4/c1-4-13-5-7-14(8-6-13)15(17)9-16-18-11-19-20(16)10-12(2)3/h5-8,11-12,15H,4,9-10,17H2,1-3H3. The second-order valence-corrected chi connectivity index (χ2v) is 5.66. The normalized spacial score (nSPS) is 12.8. The Morgan fingerprint density at radius 2 is 1.90 bits per heavy atom. The molecule has 0 aliphatic rings. The maximum Gasteiger partial charge on any atom is 0.138 e. The van der Waals surface area contributed by atoms with E-state index in [1.165, 1.54) is 5.56 Å². The molecule has 0 radical (unpaired) electrons. The number of aryl methyl sites for hydroxylation is 1. The summed E-state index contributed by atoms with van der Waals surface area (Å²) in [5.74, 6) is 1.52. The summed E-state index contributed by atoms with van der Waals surface area (Å²) in [6.45, 7) is 7.39. The van der Waals surface area contributed by atoms with Crippen molar-refractivity contribution in [1.82, 2.24) is 14.8 Å². The maximum absolute atomic E-state index is 6.30. The van der Waals surface area contributed by atoms with Crippen LogP contribution in [0.4, 0.5) is 0 Å². The van der Waals surface area contributed by atoms with Crippen molar-refractivity contribution in [3.8, 4) is 0 Å². The van der Waals surface area contributed by atoms with Crippen LogP contribution in [0.2, 0.25) is 0 Å². The molecule has 1 aromatic heterocycles. The lowest BCUT2D eigenvalue weighted by Gasteiger charge is -2.14. The van der Waals surface area contributed by atoms with Crippen molar-refractivity contribution in [2.45, 2.75) is 46.2 Å². The highest BCUT2D eigenvalue weighted by Crippen LogP contribution is 2.16. The minimum absolute atomic E-state index is 0.0315. The molecule has 4 heteroatoms. The lowest BCUT2D eigenvalue weighted by Crippen LogP contribution is -2.18. The van der Waals surface area contributed by atoms with E-state index in [0.717, 1.165) is 30.8 Å². The van der Waals surface area contributed by atoms with Crippen LogP contribution in [0.15, 0.2) is 30.6 Å². The van der Waals surface area contributed by atoms with E-state index in [1.807, 2.05) is 4.68 Å². The van der Waals surface area contributed by atoms with Gasteiger partial charge in [0.1, 0.15) is 12.2 Å². The van der Waals surface area contributed by atoms with Gasteiger partial charge in [-0.05, 0) is 23.5 Å². The minimum Gasteiger partial charge on any atom is -0.324 e. The Labute approximate surface area is 121 Å². The molecule has 0 fully saturated rings. The Bertz CT molecular complexity index is 528. The van der Waals surface area contributed by atoms with Crippen molar-refractivity contribution in [1.29, 1.82) is 0 Å². The summed E-state index contributed by atoms with van der Waals surface area (Å²) in [6.07, 6.45) is 3.39. The number of hydrogen-bond acceptors (Lipinski definition) is 3. The van der Waals surface area contributed by atoms with Gasteiger partial charge in [-0.15, -0.1) is 0 Å². The van der Waals surface area contributed by atoms with Gasteiger partial charge in [0.2, 0.25) is 0 Å². The van der Waals surface area contributed by atoms with E-state index in [1.54, 1.807) is 6.33 Å². The van der Waals surface area contributed by atoms with E-state index < -0.39 is 0 Å². The summed E-state index contributed by atoms with van der Waals surface area (Å²) < 4.78 is 1.96. The molecule has 1 aromatic carbocycles. The number of nitrogens with two attached hydrogens (primary N) is 1. The quantitative estimate of drug-likeness (QED) is 0.879. The average Bonchev–Trinajstić information content (AvgIpc) is 2.85. The van der Waals surface area contributed by atoms with Crippen molar-refractivity contribution in [3.63, 3.8) is 0 Å². The first kappa shape index (κ1) is 14.7. The Hall–Kier alpha value is -1.68. The molecular weight excluding hydrogens is 248 g/mol. The lowest BCUT2D eigenvalue weighted by atomic mass is 10.0. The van der Waals surface area contributed by atoms with E-state index in [2.05, 4.69) is 55.1 Å². The molecule has 108 valence electrons. The second-order valence-electron chi connectivity index (χ2n) is 5.66. The number of aromatic nitrogens is 3. The first-order valence-electron chi connectivity index (χ1n) is 7.31. The molecule has 0 bridgehead atoms. The first-order chi connectivity index (χ1) is 9.60. The molecule has 2 aromatic rings. The molecule has 0 saturated heterocycles. The molecule has 0 saturated carbocycles. The van der Waals surface area contributed by atoms with Gasteiger partial charge in [0.25, 0.3) is 0 Å². The van der Waals surface area contributed by atoms with E-state index >= 15 is 0 Å². The zero-order chi connectivity index (χ0) is 14.5. The third kappa shape index (κ3) is 3.67. The van der Waals surface area contributed by atoms with E-state index in [0.29, 0.717) is 5.92 Å². The zero-order valence-electron chi connectivity index (χ0n) is 12.6. The molecular formula is C16H24N4. The van der Waals surface area contributed by atoms with E-state index in [9.17, 15) is 0 Å². The van der Waals surface area contributed by atoms with Gasteiger partial charge < -0.3 is 5.73 Å². The largest absolute Gasteiger partial charge is 0.324 e. The highest BCUT2D eigenvalue weighted by Gasteiger charge is 2.12. The number of nitrogens with zero attached hydrogens (tertiary/aromatic N) is 3. The highest BCUT2D eigenvalue weighted by atomic mass is 15.3. The van der Waals surface area contributed by atoms with Gasteiger partial charge in [-0.3, -0.25) is 0 Å². The van der Waals surface area contributed by atoms with Crippen LogP contribution in [0.3, 0.4) is 0 Å². The summed E-state index contributed by atoms with van der Waals surface area (Å²) >= 11 is 0. The van der Waals surface area contributed by atoms with Crippen LogP contribution < -0.4 is 5.73 Å². The smallest absolute Gasteiger partial charge is 0.138 e. The van der Waals surface area contributed by atoms with E-state index in [4.69, 9.17) is 5.73 Å². The molecule has 2 rings (SSSR count). The second kappa shape index (κ2) is 6.66. The molecule has 2 N–H and O–H groups in total. The van der Waals surface area contributed by atoms with Crippen molar-refractivity contribution in [2.75, 3.05) is 0 Å². The van der Waals surface area contributed by atoms with Gasteiger partial charge >= 0.3 is 0 Å². The fourth-order valence-electron chi connectivity index (χ4n) is 2.26. The lowest BCUT2D eigenvalue weighted by molar-refractivity contribution is 0.459. The number of rotatable bonds is 6. The predicted octanol–water partition coefficient (Wildman–Crippen LogP) is 2.74. The summed E-state index contributed by atoms with van der Waals surface area (Å²) in [6, 6.07) is 8.50. The van der Waals surface area contributed by atoms with Crippen LogP contribution in [0.5, 0.6) is 0 Å². The maximum atomic E-state index is 6.30. The zero-order valence-corrected chi connectivity index (χ0v) is 12.6. The topological polar surface area (TPSA) is 56.7 Å². The molecule has 1 unspecified atom stereocenters. The third-order valence-corrected chi connectivity index (χ3v) is 3.45. The van der Waals surface area contributed by atoms with Gasteiger partial charge in [-0.1, -0.05) is 45.0 Å². The van der Waals surface area contributed by atoms with Crippen LogP contribution in [0.1, 0.15) is 43.8 Å². The molecule has 0 spiro atoms. The van der Waals surface area contributed by atoms with Crippen LogP contribution >= 0.6 is 0 Å². The van der Waals surface area contributed by atoms with Crippen LogP contribution in [-0.4, -0.2) is 14.8 Å². The van der Waals surface area contributed by atoms with Crippen LogP contribution in [0.25, 0.3) is 0 Å². The fraction of sp³-hybridized carbons (Fsp3) is 0.500. The highest BCUT2D eigenvalue weighted by molar-refractivity contribution is 5.25. The third-order valence-electron chi connectivity index (χ3n) is 3.45. The Morgan fingerprint density at radius 1 is 1.20 bits per heavy atom. The summed E-state index contributed by atoms with van der Waals surface area (Å²) in [4.78, 5) is 4.34. The van der Waals surface area contributed by atoms with Gasteiger partial charge in [0.15, 0.2) is 0 Å². The Balaban J connectivity index is 2.06. The Kier molecular flexibility index (Phi) is 4.90. The molecule has 0 aliphatic carbocycles. The first-order valence-corrected chi connectivity index (χ1v) is 7.31. The number of hydrogen-bond donors (Lipinski definition) is 1. The van der Waals surface area contributed by atoms with Gasteiger partial charge in [0.05, 0.1) is 0 Å². The molecule has 0 amide bonds. The van der Waals surface area contributed by atoms with Crippen LogP contribution in [-0.2, 0) is 19.4 Å². The number of benzene rings is 1. The average molecular weight is 272 g/mol.